The molecule has 1 aromatic carbocycles. The molecular formula is C21H19F3N6O2. The molecular weight excluding hydrogens is 425 g/mol. The van der Waals surface area contributed by atoms with Gasteiger partial charge in [0.1, 0.15) is 11.6 Å². The van der Waals surface area contributed by atoms with Crippen molar-refractivity contribution in [1.29, 1.82) is 0 Å². The maximum atomic E-state index is 13.5. The average molecular weight is 444 g/mol. The lowest BCUT2D eigenvalue weighted by Crippen LogP contribution is -2.32. The third-order valence-electron chi connectivity index (χ3n) is 4.73. The number of hydrogen-bond donors (Lipinski definition) is 0. The molecule has 0 aliphatic carbocycles. The predicted molar refractivity (Wildman–Crippen MR) is 110 cm³/mol. The fourth-order valence-electron chi connectivity index (χ4n) is 3.14. The lowest BCUT2D eigenvalue weighted by atomic mass is 10.2. The molecule has 0 bridgehead atoms. The first-order chi connectivity index (χ1) is 15.3. The first-order valence-corrected chi connectivity index (χ1v) is 9.69. The van der Waals surface area contributed by atoms with Crippen LogP contribution in [0.1, 0.15) is 25.6 Å². The molecule has 0 saturated carbocycles. The Morgan fingerprint density at radius 1 is 1.12 bits per heavy atom. The summed E-state index contributed by atoms with van der Waals surface area (Å²) in [5.41, 5.74) is 0.811. The molecule has 0 atom stereocenters. The van der Waals surface area contributed by atoms with Gasteiger partial charge in [0.2, 0.25) is 17.5 Å². The lowest BCUT2D eigenvalue weighted by molar-refractivity contribution is -0.144. The predicted octanol–water partition coefficient (Wildman–Crippen LogP) is 4.52. The van der Waals surface area contributed by atoms with Gasteiger partial charge >= 0.3 is 6.18 Å². The number of rotatable bonds is 6. The van der Waals surface area contributed by atoms with Crippen LogP contribution in [-0.2, 0) is 12.7 Å². The monoisotopic (exact) mass is 444 g/mol. The number of fused-ring (bicyclic) bond motifs is 1. The van der Waals surface area contributed by atoms with Crippen molar-refractivity contribution < 1.29 is 22.4 Å². The molecule has 166 valence electrons. The lowest BCUT2D eigenvalue weighted by Gasteiger charge is -2.28. The number of alkyl halides is 3. The summed E-state index contributed by atoms with van der Waals surface area (Å²) in [5.74, 6) is -0.0972. The first-order valence-electron chi connectivity index (χ1n) is 9.69. The third-order valence-corrected chi connectivity index (χ3v) is 4.73. The van der Waals surface area contributed by atoms with Crippen LogP contribution in [-0.4, -0.2) is 38.2 Å². The van der Waals surface area contributed by atoms with Gasteiger partial charge in [0, 0.05) is 29.4 Å². The molecule has 32 heavy (non-hydrogen) atoms. The molecule has 3 aromatic heterocycles. The zero-order chi connectivity index (χ0) is 22.9. The molecule has 4 rings (SSSR count). The molecule has 8 nitrogen and oxygen atoms in total. The van der Waals surface area contributed by atoms with E-state index in [0.29, 0.717) is 22.5 Å². The summed E-state index contributed by atoms with van der Waals surface area (Å²) in [5, 5.41) is 4.37. The van der Waals surface area contributed by atoms with Gasteiger partial charge in [-0.05, 0) is 44.2 Å². The molecule has 0 aliphatic heterocycles. The summed E-state index contributed by atoms with van der Waals surface area (Å²) in [4.78, 5) is 17.6. The maximum absolute atomic E-state index is 13.5. The topological polar surface area (TPSA) is 90.1 Å². The Labute approximate surface area is 181 Å². The highest BCUT2D eigenvalue weighted by molar-refractivity contribution is 5.91. The van der Waals surface area contributed by atoms with Gasteiger partial charge in [-0.25, -0.2) is 9.97 Å². The van der Waals surface area contributed by atoms with Crippen LogP contribution in [0.4, 0.5) is 19.0 Å². The van der Waals surface area contributed by atoms with Gasteiger partial charge in [-0.3, -0.25) is 4.98 Å². The Hall–Kier alpha value is -3.76. The van der Waals surface area contributed by atoms with Crippen LogP contribution in [0.5, 0.6) is 5.75 Å². The summed E-state index contributed by atoms with van der Waals surface area (Å²) in [6, 6.07) is 7.91. The summed E-state index contributed by atoms with van der Waals surface area (Å²) in [7, 11) is 1.48. The van der Waals surface area contributed by atoms with E-state index in [1.165, 1.54) is 13.2 Å². The number of pyridine rings is 1. The Kier molecular flexibility index (Phi) is 5.64. The van der Waals surface area contributed by atoms with Crippen molar-refractivity contribution in [2.45, 2.75) is 32.6 Å². The molecule has 3 heterocycles. The highest BCUT2D eigenvalue weighted by atomic mass is 19.4. The van der Waals surface area contributed by atoms with E-state index in [1.54, 1.807) is 41.6 Å². The zero-order valence-electron chi connectivity index (χ0n) is 17.5. The second-order valence-electron chi connectivity index (χ2n) is 7.23. The molecule has 0 fully saturated rings. The summed E-state index contributed by atoms with van der Waals surface area (Å²) >= 11 is 0. The van der Waals surface area contributed by atoms with Crippen molar-refractivity contribution in [3.05, 3.63) is 54.4 Å². The van der Waals surface area contributed by atoms with Crippen molar-refractivity contribution in [3.8, 4) is 17.1 Å². The minimum absolute atomic E-state index is 0.0472. The third kappa shape index (κ3) is 4.32. The SMILES string of the molecule is COc1ccc2nc(C(F)(F)F)nc(N(Cc3nc(-c4cccnc4)no3)C(C)C)c2c1. The minimum atomic E-state index is -4.70. The van der Waals surface area contributed by atoms with E-state index in [1.807, 2.05) is 13.8 Å². The van der Waals surface area contributed by atoms with Gasteiger partial charge in [0.05, 0.1) is 19.2 Å². The smallest absolute Gasteiger partial charge is 0.451 e. The van der Waals surface area contributed by atoms with E-state index in [0.717, 1.165) is 0 Å². The standard InChI is InChI=1S/C21H19F3N6O2/c1-12(2)30(11-17-27-18(29-32-17)13-5-4-8-25-10-13)19-15-9-14(31-3)6-7-16(15)26-20(28-19)21(22,23)24/h4-10,12H,11H2,1-3H3. The zero-order valence-corrected chi connectivity index (χ0v) is 17.5. The molecule has 0 unspecified atom stereocenters. The average Bonchev–Trinajstić information content (AvgIpc) is 3.25. The fourth-order valence-corrected chi connectivity index (χ4v) is 3.14. The van der Waals surface area contributed by atoms with Gasteiger partial charge in [-0.1, -0.05) is 5.16 Å². The van der Waals surface area contributed by atoms with Gasteiger partial charge < -0.3 is 14.2 Å². The summed E-state index contributed by atoms with van der Waals surface area (Å²) < 4.78 is 51.1. The first kappa shape index (κ1) is 21.5. The number of methoxy groups -OCH3 is 1. The number of hydrogen-bond acceptors (Lipinski definition) is 8. The summed E-state index contributed by atoms with van der Waals surface area (Å²) in [6.45, 7) is 3.71. The van der Waals surface area contributed by atoms with E-state index < -0.39 is 12.0 Å². The Balaban J connectivity index is 1.79. The van der Waals surface area contributed by atoms with E-state index >= 15 is 0 Å². The molecule has 11 heteroatoms. The Morgan fingerprint density at radius 3 is 2.59 bits per heavy atom. The van der Waals surface area contributed by atoms with Crippen LogP contribution in [0.2, 0.25) is 0 Å². The van der Waals surface area contributed by atoms with Gasteiger partial charge in [0.15, 0.2) is 0 Å². The van der Waals surface area contributed by atoms with Crippen LogP contribution in [0.3, 0.4) is 0 Å². The molecule has 0 amide bonds. The van der Waals surface area contributed by atoms with E-state index in [-0.39, 0.29) is 29.8 Å². The van der Waals surface area contributed by atoms with Crippen LogP contribution in [0.25, 0.3) is 22.3 Å². The van der Waals surface area contributed by atoms with Crippen molar-refractivity contribution in [1.82, 2.24) is 25.1 Å². The number of aromatic nitrogens is 5. The normalized spacial score (nSPS) is 11.8. The van der Waals surface area contributed by atoms with Crippen LogP contribution in [0.15, 0.2) is 47.2 Å². The minimum Gasteiger partial charge on any atom is -0.497 e. The van der Waals surface area contributed by atoms with Crippen LogP contribution >= 0.6 is 0 Å². The molecule has 0 saturated heterocycles. The second kappa shape index (κ2) is 8.40. The highest BCUT2D eigenvalue weighted by Crippen LogP contribution is 2.34. The highest BCUT2D eigenvalue weighted by Gasteiger charge is 2.36. The summed E-state index contributed by atoms with van der Waals surface area (Å²) in [6.07, 6.45) is -1.49. The number of benzene rings is 1. The molecule has 0 radical (unpaired) electrons. The second-order valence-corrected chi connectivity index (χ2v) is 7.23. The number of nitrogens with zero attached hydrogens (tertiary/aromatic N) is 6. The number of ether oxygens (including phenoxy) is 1. The van der Waals surface area contributed by atoms with E-state index in [9.17, 15) is 13.2 Å². The van der Waals surface area contributed by atoms with Crippen molar-refractivity contribution >= 4 is 16.7 Å². The molecule has 4 aromatic rings. The van der Waals surface area contributed by atoms with E-state index in [4.69, 9.17) is 9.26 Å². The molecule has 0 aliphatic rings. The van der Waals surface area contributed by atoms with Gasteiger partial charge in [-0.2, -0.15) is 18.2 Å². The van der Waals surface area contributed by atoms with Gasteiger partial charge in [0.25, 0.3) is 0 Å². The molecule has 0 N–H and O–H groups in total. The molecule has 0 spiro atoms. The van der Waals surface area contributed by atoms with Crippen LogP contribution < -0.4 is 9.64 Å². The number of anilines is 1. The van der Waals surface area contributed by atoms with E-state index in [2.05, 4.69) is 25.1 Å². The van der Waals surface area contributed by atoms with Gasteiger partial charge in [-0.15, -0.1) is 0 Å². The largest absolute Gasteiger partial charge is 0.497 e. The number of halogens is 3. The Bertz CT molecular complexity index is 1230. The maximum Gasteiger partial charge on any atom is 0.451 e. The fraction of sp³-hybridized carbons (Fsp3) is 0.286. The van der Waals surface area contributed by atoms with Crippen molar-refractivity contribution in [2.75, 3.05) is 12.0 Å². The van der Waals surface area contributed by atoms with Crippen molar-refractivity contribution in [3.63, 3.8) is 0 Å². The van der Waals surface area contributed by atoms with Crippen molar-refractivity contribution in [2.24, 2.45) is 0 Å². The quantitative estimate of drug-likeness (QED) is 0.429. The Morgan fingerprint density at radius 2 is 1.94 bits per heavy atom. The van der Waals surface area contributed by atoms with Crippen LogP contribution in [0, 0.1) is 0 Å².